The van der Waals surface area contributed by atoms with Gasteiger partial charge in [-0.25, -0.2) is 0 Å². The summed E-state index contributed by atoms with van der Waals surface area (Å²) < 4.78 is 1.38. The van der Waals surface area contributed by atoms with Crippen LogP contribution in [0.4, 0.5) is 5.69 Å². The Bertz CT molecular complexity index is 888. The minimum Gasteiger partial charge on any atom is -0.493 e. The zero-order chi connectivity index (χ0) is 15.5. The molecule has 1 N–H and O–H groups in total. The molecule has 0 saturated carbocycles. The lowest BCUT2D eigenvalue weighted by molar-refractivity contribution is 0.411. The van der Waals surface area contributed by atoms with Gasteiger partial charge in [0, 0.05) is 11.9 Å². The molecule has 0 bridgehead atoms. The average Bonchev–Trinajstić information content (AvgIpc) is 2.81. The molecule has 3 rings (SSSR count). The van der Waals surface area contributed by atoms with Gasteiger partial charge in [0.25, 0.3) is 0 Å². The lowest BCUT2D eigenvalue weighted by atomic mass is 10.1. The van der Waals surface area contributed by atoms with Gasteiger partial charge in [-0.1, -0.05) is 54.7 Å². The van der Waals surface area contributed by atoms with Gasteiger partial charge in [0.15, 0.2) is 0 Å². The summed E-state index contributed by atoms with van der Waals surface area (Å²) in [4.78, 5) is 16.6. The summed E-state index contributed by atoms with van der Waals surface area (Å²) in [5, 5.41) is 12.3. The van der Waals surface area contributed by atoms with Crippen molar-refractivity contribution in [1.82, 2.24) is 4.57 Å². The normalized spacial score (nSPS) is 11.5. The van der Waals surface area contributed by atoms with Gasteiger partial charge in [0.05, 0.1) is 11.9 Å². The zero-order valence-corrected chi connectivity index (χ0v) is 13.0. The van der Waals surface area contributed by atoms with E-state index in [1.165, 1.54) is 4.57 Å². The molecule has 0 aliphatic carbocycles. The predicted octanol–water partition coefficient (Wildman–Crippen LogP) is 3.93. The van der Waals surface area contributed by atoms with Crippen molar-refractivity contribution in [1.29, 1.82) is 0 Å². The SMILES string of the molecule is CCCn1c(O)c(C=Nc2cccc3ccccc23)sc1=O. The van der Waals surface area contributed by atoms with E-state index in [2.05, 4.69) is 4.99 Å². The molecule has 0 unspecified atom stereocenters. The summed E-state index contributed by atoms with van der Waals surface area (Å²) in [6.07, 6.45) is 2.36. The van der Waals surface area contributed by atoms with Crippen molar-refractivity contribution >= 4 is 34.0 Å². The van der Waals surface area contributed by atoms with Crippen LogP contribution in [0.1, 0.15) is 18.2 Å². The Morgan fingerprint density at radius 1 is 1.23 bits per heavy atom. The molecule has 0 fully saturated rings. The van der Waals surface area contributed by atoms with E-state index in [9.17, 15) is 9.90 Å². The molecule has 0 saturated heterocycles. The van der Waals surface area contributed by atoms with Gasteiger partial charge in [-0.3, -0.25) is 14.4 Å². The molecule has 3 aromatic rings. The molecule has 4 nitrogen and oxygen atoms in total. The number of thiazole rings is 1. The fraction of sp³-hybridized carbons (Fsp3) is 0.176. The van der Waals surface area contributed by atoms with E-state index in [-0.39, 0.29) is 10.8 Å². The molecule has 0 spiro atoms. The van der Waals surface area contributed by atoms with Crippen molar-refractivity contribution in [2.75, 3.05) is 0 Å². The third kappa shape index (κ3) is 2.67. The highest BCUT2D eigenvalue weighted by atomic mass is 32.1. The standard InChI is InChI=1S/C17H16N2O2S/c1-2-10-19-16(20)15(22-17(19)21)11-18-14-9-5-7-12-6-3-4-8-13(12)14/h3-9,11,20H,2,10H2,1H3. The largest absolute Gasteiger partial charge is 0.493 e. The predicted molar refractivity (Wildman–Crippen MR) is 91.7 cm³/mol. The number of hydrogen-bond donors (Lipinski definition) is 1. The molecule has 0 radical (unpaired) electrons. The number of nitrogens with zero attached hydrogens (tertiary/aromatic N) is 2. The minimum atomic E-state index is -0.154. The van der Waals surface area contributed by atoms with Crippen LogP contribution in [-0.2, 0) is 6.54 Å². The third-order valence-corrected chi connectivity index (χ3v) is 4.33. The first-order valence-electron chi connectivity index (χ1n) is 7.15. The maximum absolute atomic E-state index is 11.8. The van der Waals surface area contributed by atoms with Gasteiger partial charge in [-0.05, 0) is 17.9 Å². The second-order valence-electron chi connectivity index (χ2n) is 4.96. The highest BCUT2D eigenvalue weighted by molar-refractivity contribution is 7.11. The van der Waals surface area contributed by atoms with Crippen LogP contribution in [0, 0.1) is 0 Å². The number of hydrogen-bond acceptors (Lipinski definition) is 4. The lowest BCUT2D eigenvalue weighted by Crippen LogP contribution is -2.11. The lowest BCUT2D eigenvalue weighted by Gasteiger charge is -2.01. The molecule has 0 amide bonds. The van der Waals surface area contributed by atoms with E-state index >= 15 is 0 Å². The average molecular weight is 312 g/mol. The summed E-state index contributed by atoms with van der Waals surface area (Å²) in [6.45, 7) is 2.48. The smallest absolute Gasteiger partial charge is 0.310 e. The Morgan fingerprint density at radius 2 is 2.00 bits per heavy atom. The van der Waals surface area contributed by atoms with Gasteiger partial charge >= 0.3 is 4.87 Å². The van der Waals surface area contributed by atoms with Gasteiger partial charge in [0.2, 0.25) is 5.88 Å². The molecule has 0 aliphatic heterocycles. The van der Waals surface area contributed by atoms with Crippen LogP contribution in [0.5, 0.6) is 5.88 Å². The topological polar surface area (TPSA) is 54.6 Å². The molecule has 22 heavy (non-hydrogen) atoms. The van der Waals surface area contributed by atoms with Crippen LogP contribution >= 0.6 is 11.3 Å². The van der Waals surface area contributed by atoms with Gasteiger partial charge < -0.3 is 5.11 Å². The van der Waals surface area contributed by atoms with E-state index in [1.54, 1.807) is 6.21 Å². The number of aromatic nitrogens is 1. The molecule has 2 aromatic carbocycles. The summed E-state index contributed by atoms with van der Waals surface area (Å²) in [6, 6.07) is 13.9. The van der Waals surface area contributed by atoms with Crippen molar-refractivity contribution in [3.05, 3.63) is 57.0 Å². The number of rotatable bonds is 4. The van der Waals surface area contributed by atoms with E-state index in [4.69, 9.17) is 0 Å². The van der Waals surface area contributed by atoms with Crippen molar-refractivity contribution in [2.45, 2.75) is 19.9 Å². The summed E-state index contributed by atoms with van der Waals surface area (Å²) >= 11 is 1.01. The van der Waals surface area contributed by atoms with E-state index < -0.39 is 0 Å². The van der Waals surface area contributed by atoms with Crippen LogP contribution < -0.4 is 4.87 Å². The summed E-state index contributed by atoms with van der Waals surface area (Å²) in [7, 11) is 0. The fourth-order valence-electron chi connectivity index (χ4n) is 2.37. The summed E-state index contributed by atoms with van der Waals surface area (Å²) in [5.41, 5.74) is 0.820. The minimum absolute atomic E-state index is 0.000775. The molecular weight excluding hydrogens is 296 g/mol. The van der Waals surface area contributed by atoms with Crippen LogP contribution in [0.3, 0.4) is 0 Å². The molecule has 112 valence electrons. The molecule has 5 heteroatoms. The number of aromatic hydroxyl groups is 1. The Labute approximate surface area is 132 Å². The maximum atomic E-state index is 11.8. The zero-order valence-electron chi connectivity index (χ0n) is 12.2. The molecule has 0 atom stereocenters. The van der Waals surface area contributed by atoms with Crippen molar-refractivity contribution in [3.63, 3.8) is 0 Å². The number of fused-ring (bicyclic) bond motifs is 1. The Balaban J connectivity index is 2.00. The highest BCUT2D eigenvalue weighted by Crippen LogP contribution is 2.26. The molecule has 0 aliphatic rings. The third-order valence-electron chi connectivity index (χ3n) is 3.43. The highest BCUT2D eigenvalue weighted by Gasteiger charge is 2.11. The second-order valence-corrected chi connectivity index (χ2v) is 5.96. The maximum Gasteiger partial charge on any atom is 0.310 e. The Kier molecular flexibility index (Phi) is 4.06. The monoisotopic (exact) mass is 312 g/mol. The first-order valence-corrected chi connectivity index (χ1v) is 7.96. The van der Waals surface area contributed by atoms with E-state index in [0.29, 0.717) is 11.4 Å². The Morgan fingerprint density at radius 3 is 2.82 bits per heavy atom. The fourth-order valence-corrected chi connectivity index (χ4v) is 3.15. The van der Waals surface area contributed by atoms with Crippen molar-refractivity contribution < 1.29 is 5.11 Å². The number of benzene rings is 2. The summed E-state index contributed by atoms with van der Waals surface area (Å²) in [5.74, 6) is 0.000775. The van der Waals surface area contributed by atoms with Crippen LogP contribution in [0.15, 0.2) is 52.3 Å². The second kappa shape index (κ2) is 6.15. The molecule has 1 heterocycles. The van der Waals surface area contributed by atoms with Gasteiger partial charge in [0.1, 0.15) is 4.88 Å². The number of aliphatic imine (C=N–C) groups is 1. The van der Waals surface area contributed by atoms with Gasteiger partial charge in [-0.2, -0.15) is 0 Å². The van der Waals surface area contributed by atoms with Crippen LogP contribution in [0.2, 0.25) is 0 Å². The molecule has 1 aromatic heterocycles. The van der Waals surface area contributed by atoms with Crippen LogP contribution in [-0.4, -0.2) is 15.9 Å². The Hall–Kier alpha value is -2.40. The molecular formula is C17H16N2O2S. The van der Waals surface area contributed by atoms with Crippen LogP contribution in [0.25, 0.3) is 10.8 Å². The quantitative estimate of drug-likeness (QED) is 0.742. The van der Waals surface area contributed by atoms with E-state index in [1.807, 2.05) is 49.4 Å². The van der Waals surface area contributed by atoms with Gasteiger partial charge in [-0.15, -0.1) is 0 Å². The van der Waals surface area contributed by atoms with E-state index in [0.717, 1.165) is 34.2 Å². The van der Waals surface area contributed by atoms with Crippen molar-refractivity contribution in [2.24, 2.45) is 4.99 Å². The first-order chi connectivity index (χ1) is 10.7. The van der Waals surface area contributed by atoms with Crippen molar-refractivity contribution in [3.8, 4) is 5.88 Å². The first kappa shape index (κ1) is 14.5.